The second-order valence-corrected chi connectivity index (χ2v) is 7.08. The first-order chi connectivity index (χ1) is 9.76. The molecule has 2 rings (SSSR count). The molecular weight excluding hydrogens is 258 g/mol. The van der Waals surface area contributed by atoms with Crippen molar-refractivity contribution < 1.29 is 0 Å². The molecular formula is C18H27N3. The molecule has 0 aliphatic rings. The van der Waals surface area contributed by atoms with Crippen LogP contribution in [0, 0.1) is 6.92 Å². The van der Waals surface area contributed by atoms with Gasteiger partial charge in [0.2, 0.25) is 0 Å². The summed E-state index contributed by atoms with van der Waals surface area (Å²) in [7, 11) is 0. The predicted molar refractivity (Wildman–Crippen MR) is 89.0 cm³/mol. The summed E-state index contributed by atoms with van der Waals surface area (Å²) in [5.74, 6) is 0.452. The van der Waals surface area contributed by atoms with E-state index in [1.54, 1.807) is 0 Å². The zero-order valence-corrected chi connectivity index (χ0v) is 14.1. The minimum atomic E-state index is 0.105. The lowest BCUT2D eigenvalue weighted by atomic mass is 10.1. The van der Waals surface area contributed by atoms with Crippen LogP contribution in [0.15, 0.2) is 30.5 Å². The zero-order chi connectivity index (χ0) is 15.6. The summed E-state index contributed by atoms with van der Waals surface area (Å²) in [5.41, 5.74) is 4.95. The Morgan fingerprint density at radius 1 is 1.19 bits per heavy atom. The van der Waals surface area contributed by atoms with Crippen molar-refractivity contribution in [1.82, 2.24) is 15.1 Å². The number of hydrogen-bond acceptors (Lipinski definition) is 2. The molecule has 3 heteroatoms. The average molecular weight is 285 g/mol. The molecule has 1 aromatic carbocycles. The molecule has 0 saturated carbocycles. The van der Waals surface area contributed by atoms with Crippen molar-refractivity contribution in [2.45, 2.75) is 59.5 Å². The molecule has 0 aliphatic heterocycles. The predicted octanol–water partition coefficient (Wildman–Crippen LogP) is 4.19. The van der Waals surface area contributed by atoms with Crippen LogP contribution in [0.5, 0.6) is 0 Å². The Morgan fingerprint density at radius 2 is 1.90 bits per heavy atom. The maximum atomic E-state index is 4.70. The van der Waals surface area contributed by atoms with Gasteiger partial charge < -0.3 is 5.32 Å². The second kappa shape index (κ2) is 6.02. The van der Waals surface area contributed by atoms with Crippen molar-refractivity contribution in [2.75, 3.05) is 0 Å². The average Bonchev–Trinajstić information content (AvgIpc) is 2.85. The Balaban J connectivity index is 2.33. The standard InChI is InChI=1S/C18H27N3/c1-13(2)16-9-10-21(20-16)17-8-7-14(3)11-15(17)12-19-18(4,5)6/h7-11,13,19H,12H2,1-6H3. The molecule has 0 radical (unpaired) electrons. The van der Waals surface area contributed by atoms with Gasteiger partial charge in [-0.05, 0) is 51.3 Å². The number of hydrogen-bond donors (Lipinski definition) is 1. The van der Waals surface area contributed by atoms with Crippen molar-refractivity contribution in [3.63, 3.8) is 0 Å². The van der Waals surface area contributed by atoms with E-state index in [-0.39, 0.29) is 5.54 Å². The summed E-state index contributed by atoms with van der Waals surface area (Å²) >= 11 is 0. The van der Waals surface area contributed by atoms with Crippen LogP contribution in [0.25, 0.3) is 5.69 Å². The Labute approximate surface area is 128 Å². The molecule has 1 heterocycles. The Morgan fingerprint density at radius 3 is 2.48 bits per heavy atom. The molecule has 2 aromatic rings. The summed E-state index contributed by atoms with van der Waals surface area (Å²) in [6.45, 7) is 13.9. The van der Waals surface area contributed by atoms with Crippen molar-refractivity contribution >= 4 is 0 Å². The highest BCUT2D eigenvalue weighted by molar-refractivity contribution is 5.43. The van der Waals surface area contributed by atoms with Crippen LogP contribution >= 0.6 is 0 Å². The van der Waals surface area contributed by atoms with Crippen LogP contribution < -0.4 is 5.32 Å². The molecule has 0 amide bonds. The normalized spacial score (nSPS) is 12.1. The summed E-state index contributed by atoms with van der Waals surface area (Å²) in [4.78, 5) is 0. The van der Waals surface area contributed by atoms with Gasteiger partial charge in [-0.3, -0.25) is 0 Å². The number of aromatic nitrogens is 2. The van der Waals surface area contributed by atoms with Crippen LogP contribution in [0.2, 0.25) is 0 Å². The topological polar surface area (TPSA) is 29.9 Å². The lowest BCUT2D eigenvalue weighted by Gasteiger charge is -2.22. The van der Waals surface area contributed by atoms with Crippen LogP contribution in [0.1, 0.15) is 57.4 Å². The fourth-order valence-corrected chi connectivity index (χ4v) is 2.22. The first kappa shape index (κ1) is 15.8. The van der Waals surface area contributed by atoms with Crippen LogP contribution in [-0.2, 0) is 6.54 Å². The van der Waals surface area contributed by atoms with Gasteiger partial charge in [-0.2, -0.15) is 5.10 Å². The lowest BCUT2D eigenvalue weighted by Crippen LogP contribution is -2.35. The van der Waals surface area contributed by atoms with Gasteiger partial charge in [-0.15, -0.1) is 0 Å². The van der Waals surface area contributed by atoms with E-state index in [2.05, 4.69) is 77.3 Å². The Kier molecular flexibility index (Phi) is 4.52. The molecule has 1 aromatic heterocycles. The van der Waals surface area contributed by atoms with E-state index in [0.29, 0.717) is 5.92 Å². The molecule has 0 unspecified atom stereocenters. The van der Waals surface area contributed by atoms with Gasteiger partial charge in [0, 0.05) is 18.3 Å². The van der Waals surface area contributed by atoms with Crippen molar-refractivity contribution in [2.24, 2.45) is 0 Å². The number of rotatable bonds is 4. The van der Waals surface area contributed by atoms with E-state index in [4.69, 9.17) is 5.10 Å². The van der Waals surface area contributed by atoms with Crippen LogP contribution in [0.3, 0.4) is 0 Å². The van der Waals surface area contributed by atoms with Crippen molar-refractivity contribution in [3.05, 3.63) is 47.3 Å². The molecule has 0 saturated heterocycles. The van der Waals surface area contributed by atoms with Crippen LogP contribution in [0.4, 0.5) is 0 Å². The quantitative estimate of drug-likeness (QED) is 0.912. The zero-order valence-electron chi connectivity index (χ0n) is 14.1. The second-order valence-electron chi connectivity index (χ2n) is 7.08. The molecule has 0 atom stereocenters. The largest absolute Gasteiger partial charge is 0.308 e. The molecule has 114 valence electrons. The van der Waals surface area contributed by atoms with E-state index in [0.717, 1.165) is 17.9 Å². The van der Waals surface area contributed by atoms with Crippen molar-refractivity contribution in [3.8, 4) is 5.69 Å². The Hall–Kier alpha value is -1.61. The Bertz CT molecular complexity index is 603. The van der Waals surface area contributed by atoms with Crippen LogP contribution in [-0.4, -0.2) is 15.3 Å². The monoisotopic (exact) mass is 285 g/mol. The molecule has 1 N–H and O–H groups in total. The third-order valence-electron chi connectivity index (χ3n) is 3.49. The highest BCUT2D eigenvalue weighted by Crippen LogP contribution is 2.19. The third kappa shape index (κ3) is 4.18. The number of nitrogens with zero attached hydrogens (tertiary/aromatic N) is 2. The van der Waals surface area contributed by atoms with E-state index in [1.165, 1.54) is 11.1 Å². The van der Waals surface area contributed by atoms with Gasteiger partial charge in [0.1, 0.15) is 0 Å². The first-order valence-corrected chi connectivity index (χ1v) is 7.67. The molecule has 3 nitrogen and oxygen atoms in total. The van der Waals surface area contributed by atoms with Gasteiger partial charge in [0.15, 0.2) is 0 Å². The SMILES string of the molecule is Cc1ccc(-n2ccc(C(C)C)n2)c(CNC(C)(C)C)c1. The highest BCUT2D eigenvalue weighted by Gasteiger charge is 2.12. The van der Waals surface area contributed by atoms with E-state index >= 15 is 0 Å². The maximum Gasteiger partial charge on any atom is 0.0690 e. The molecule has 0 fully saturated rings. The third-order valence-corrected chi connectivity index (χ3v) is 3.49. The van der Waals surface area contributed by atoms with Gasteiger partial charge in [0.25, 0.3) is 0 Å². The molecule has 0 spiro atoms. The highest BCUT2D eigenvalue weighted by atomic mass is 15.3. The minimum Gasteiger partial charge on any atom is -0.308 e. The van der Waals surface area contributed by atoms with Gasteiger partial charge >= 0.3 is 0 Å². The van der Waals surface area contributed by atoms with Gasteiger partial charge in [-0.1, -0.05) is 31.5 Å². The summed E-state index contributed by atoms with van der Waals surface area (Å²) in [5, 5.41) is 8.27. The fraction of sp³-hybridized carbons (Fsp3) is 0.500. The van der Waals surface area contributed by atoms with E-state index in [1.807, 2.05) is 4.68 Å². The van der Waals surface area contributed by atoms with Crippen molar-refractivity contribution in [1.29, 1.82) is 0 Å². The molecule has 21 heavy (non-hydrogen) atoms. The van der Waals surface area contributed by atoms with Gasteiger partial charge in [-0.25, -0.2) is 4.68 Å². The summed E-state index contributed by atoms with van der Waals surface area (Å²) in [6.07, 6.45) is 2.06. The summed E-state index contributed by atoms with van der Waals surface area (Å²) in [6, 6.07) is 8.65. The van der Waals surface area contributed by atoms with E-state index < -0.39 is 0 Å². The molecule has 0 bridgehead atoms. The van der Waals surface area contributed by atoms with Gasteiger partial charge in [0.05, 0.1) is 11.4 Å². The number of aryl methyl sites for hydroxylation is 1. The lowest BCUT2D eigenvalue weighted by molar-refractivity contribution is 0.423. The minimum absolute atomic E-state index is 0.105. The maximum absolute atomic E-state index is 4.70. The first-order valence-electron chi connectivity index (χ1n) is 7.67. The fourth-order valence-electron chi connectivity index (χ4n) is 2.22. The number of nitrogens with one attached hydrogen (secondary N) is 1. The van der Waals surface area contributed by atoms with E-state index in [9.17, 15) is 0 Å². The smallest absolute Gasteiger partial charge is 0.0690 e. The number of benzene rings is 1. The molecule has 0 aliphatic carbocycles. The summed E-state index contributed by atoms with van der Waals surface area (Å²) < 4.78 is 1.99.